The molecule has 0 aliphatic carbocycles. The van der Waals surface area contributed by atoms with E-state index in [1.807, 2.05) is 31.2 Å². The highest BCUT2D eigenvalue weighted by molar-refractivity contribution is 5.94. The molecule has 1 unspecified atom stereocenters. The molecular formula is C27H24F3N3O2. The molecule has 5 nitrogen and oxygen atoms in total. The summed E-state index contributed by atoms with van der Waals surface area (Å²) >= 11 is 0. The Balaban J connectivity index is 1.82. The van der Waals surface area contributed by atoms with Crippen LogP contribution in [0.4, 0.5) is 13.2 Å². The van der Waals surface area contributed by atoms with Gasteiger partial charge in [0.05, 0.1) is 28.2 Å². The third-order valence-electron chi connectivity index (χ3n) is 6.12. The number of amides is 1. The molecule has 4 rings (SSSR count). The zero-order chi connectivity index (χ0) is 25.3. The molecule has 3 aromatic carbocycles. The second-order valence-corrected chi connectivity index (χ2v) is 8.32. The lowest BCUT2D eigenvalue weighted by atomic mass is 10.1. The Morgan fingerprint density at radius 1 is 1.03 bits per heavy atom. The van der Waals surface area contributed by atoms with Crippen molar-refractivity contribution in [2.45, 2.75) is 32.5 Å². The van der Waals surface area contributed by atoms with Crippen LogP contribution in [0, 0.1) is 0 Å². The van der Waals surface area contributed by atoms with E-state index in [1.54, 1.807) is 31.2 Å². The van der Waals surface area contributed by atoms with Gasteiger partial charge in [0.2, 0.25) is 0 Å². The SMILES string of the molecule is CCc1ccc(-n2c(C(C)N(C)C(=O)c3cccc(C(F)(F)F)c3)nc3ccccc3c2=O)cc1. The van der Waals surface area contributed by atoms with Gasteiger partial charge in [-0.25, -0.2) is 4.98 Å². The molecule has 0 fully saturated rings. The highest BCUT2D eigenvalue weighted by Gasteiger charge is 2.32. The summed E-state index contributed by atoms with van der Waals surface area (Å²) in [5.74, 6) is -0.306. The third kappa shape index (κ3) is 4.69. The van der Waals surface area contributed by atoms with E-state index in [1.165, 1.54) is 28.6 Å². The van der Waals surface area contributed by atoms with Gasteiger partial charge in [-0.2, -0.15) is 13.2 Å². The number of aryl methyl sites for hydroxylation is 1. The number of para-hydroxylation sites is 1. The van der Waals surface area contributed by atoms with Crippen LogP contribution in [0.2, 0.25) is 0 Å². The van der Waals surface area contributed by atoms with Crippen molar-refractivity contribution in [1.82, 2.24) is 14.5 Å². The van der Waals surface area contributed by atoms with Crippen molar-refractivity contribution in [2.24, 2.45) is 0 Å². The molecule has 1 aromatic heterocycles. The molecule has 35 heavy (non-hydrogen) atoms. The predicted octanol–water partition coefficient (Wildman–Crippen LogP) is 5.80. The summed E-state index contributed by atoms with van der Waals surface area (Å²) in [5, 5.41) is 0.426. The molecule has 1 heterocycles. The van der Waals surface area contributed by atoms with Gasteiger partial charge < -0.3 is 4.90 Å². The topological polar surface area (TPSA) is 55.2 Å². The second kappa shape index (κ2) is 9.37. The van der Waals surface area contributed by atoms with E-state index < -0.39 is 23.7 Å². The first kappa shape index (κ1) is 24.2. The van der Waals surface area contributed by atoms with E-state index in [-0.39, 0.29) is 11.1 Å². The smallest absolute Gasteiger partial charge is 0.332 e. The molecule has 180 valence electrons. The highest BCUT2D eigenvalue weighted by atomic mass is 19.4. The van der Waals surface area contributed by atoms with Crippen LogP contribution in [-0.2, 0) is 12.6 Å². The van der Waals surface area contributed by atoms with Crippen LogP contribution in [-0.4, -0.2) is 27.4 Å². The van der Waals surface area contributed by atoms with Gasteiger partial charge in [0.1, 0.15) is 5.82 Å². The number of nitrogens with zero attached hydrogens (tertiary/aromatic N) is 3. The Bertz CT molecular complexity index is 1440. The molecule has 0 bridgehead atoms. The maximum absolute atomic E-state index is 13.5. The van der Waals surface area contributed by atoms with Gasteiger partial charge in [-0.15, -0.1) is 0 Å². The Hall–Kier alpha value is -3.94. The van der Waals surface area contributed by atoms with Crippen LogP contribution >= 0.6 is 0 Å². The van der Waals surface area contributed by atoms with Crippen molar-refractivity contribution in [3.05, 3.63) is 106 Å². The number of rotatable bonds is 5. The summed E-state index contributed by atoms with van der Waals surface area (Å²) in [4.78, 5) is 32.7. The number of alkyl halides is 3. The monoisotopic (exact) mass is 479 g/mol. The molecule has 0 N–H and O–H groups in total. The Kier molecular flexibility index (Phi) is 6.47. The summed E-state index contributed by atoms with van der Waals surface area (Å²) in [6, 6.07) is 18.0. The number of hydrogen-bond acceptors (Lipinski definition) is 3. The standard InChI is InChI=1S/C27H24F3N3O2/c1-4-18-12-14-21(15-13-18)33-24(31-23-11-6-5-10-22(23)26(33)35)17(2)32(3)25(34)19-8-7-9-20(16-19)27(28,29)30/h5-17H,4H2,1-3H3. The Morgan fingerprint density at radius 2 is 1.71 bits per heavy atom. The Morgan fingerprint density at radius 3 is 2.37 bits per heavy atom. The van der Waals surface area contributed by atoms with Crippen LogP contribution in [0.5, 0.6) is 0 Å². The molecule has 4 aromatic rings. The minimum atomic E-state index is -4.56. The fourth-order valence-corrected chi connectivity index (χ4v) is 3.94. The first-order chi connectivity index (χ1) is 16.6. The fourth-order valence-electron chi connectivity index (χ4n) is 3.94. The van der Waals surface area contributed by atoms with Gasteiger partial charge in [0.15, 0.2) is 0 Å². The molecule has 0 aliphatic rings. The Labute approximate surface area is 200 Å². The van der Waals surface area contributed by atoms with Crippen molar-refractivity contribution in [3.63, 3.8) is 0 Å². The van der Waals surface area contributed by atoms with Crippen molar-refractivity contribution < 1.29 is 18.0 Å². The van der Waals surface area contributed by atoms with Gasteiger partial charge in [0.25, 0.3) is 11.5 Å². The molecule has 0 saturated carbocycles. The van der Waals surface area contributed by atoms with Crippen LogP contribution in [0.15, 0.2) is 77.6 Å². The van der Waals surface area contributed by atoms with Crippen molar-refractivity contribution in [3.8, 4) is 5.69 Å². The molecular weight excluding hydrogens is 455 g/mol. The summed E-state index contributed by atoms with van der Waals surface area (Å²) in [5.41, 5.74) is 0.869. The van der Waals surface area contributed by atoms with Crippen molar-refractivity contribution in [2.75, 3.05) is 7.05 Å². The fraction of sp³-hybridized carbons (Fsp3) is 0.222. The summed E-state index contributed by atoms with van der Waals surface area (Å²) < 4.78 is 41.0. The van der Waals surface area contributed by atoms with Gasteiger partial charge in [0, 0.05) is 12.6 Å². The predicted molar refractivity (Wildman–Crippen MR) is 129 cm³/mol. The zero-order valence-corrected chi connectivity index (χ0v) is 19.5. The van der Waals surface area contributed by atoms with E-state index in [2.05, 4.69) is 0 Å². The lowest BCUT2D eigenvalue weighted by molar-refractivity contribution is -0.137. The van der Waals surface area contributed by atoms with Crippen LogP contribution in [0.1, 0.15) is 47.2 Å². The highest BCUT2D eigenvalue weighted by Crippen LogP contribution is 2.30. The molecule has 1 amide bonds. The minimum Gasteiger partial charge on any atom is -0.332 e. The molecule has 0 saturated heterocycles. The molecule has 0 spiro atoms. The number of fused-ring (bicyclic) bond motifs is 1. The van der Waals surface area contributed by atoms with Gasteiger partial charge in [-0.3, -0.25) is 14.2 Å². The quantitative estimate of drug-likeness (QED) is 0.364. The van der Waals surface area contributed by atoms with Gasteiger partial charge in [-0.1, -0.05) is 37.3 Å². The zero-order valence-electron chi connectivity index (χ0n) is 19.5. The van der Waals surface area contributed by atoms with Crippen LogP contribution in [0.3, 0.4) is 0 Å². The molecule has 1 atom stereocenters. The van der Waals surface area contributed by atoms with E-state index in [0.29, 0.717) is 22.4 Å². The summed E-state index contributed by atoms with van der Waals surface area (Å²) in [7, 11) is 1.49. The molecule has 0 radical (unpaired) electrons. The largest absolute Gasteiger partial charge is 0.416 e. The average molecular weight is 480 g/mol. The van der Waals surface area contributed by atoms with Gasteiger partial charge in [-0.05, 0) is 61.4 Å². The maximum Gasteiger partial charge on any atom is 0.416 e. The normalized spacial score (nSPS) is 12.5. The maximum atomic E-state index is 13.5. The first-order valence-corrected chi connectivity index (χ1v) is 11.2. The minimum absolute atomic E-state index is 0.101. The van der Waals surface area contributed by atoms with Gasteiger partial charge >= 0.3 is 6.18 Å². The van der Waals surface area contributed by atoms with E-state index >= 15 is 0 Å². The number of carbonyl (C=O) groups excluding carboxylic acids is 1. The van der Waals surface area contributed by atoms with Crippen molar-refractivity contribution in [1.29, 1.82) is 0 Å². The number of benzene rings is 3. The summed E-state index contributed by atoms with van der Waals surface area (Å²) in [6.07, 6.45) is -3.73. The van der Waals surface area contributed by atoms with E-state index in [4.69, 9.17) is 4.98 Å². The molecule has 0 aliphatic heterocycles. The third-order valence-corrected chi connectivity index (χ3v) is 6.12. The lowest BCUT2D eigenvalue weighted by Crippen LogP contribution is -2.35. The molecule has 8 heteroatoms. The second-order valence-electron chi connectivity index (χ2n) is 8.32. The number of halogens is 3. The number of carbonyl (C=O) groups is 1. The lowest BCUT2D eigenvalue weighted by Gasteiger charge is -2.27. The number of hydrogen-bond donors (Lipinski definition) is 0. The first-order valence-electron chi connectivity index (χ1n) is 11.2. The van der Waals surface area contributed by atoms with E-state index in [9.17, 15) is 22.8 Å². The number of aromatic nitrogens is 2. The average Bonchev–Trinajstić information content (AvgIpc) is 2.87. The van der Waals surface area contributed by atoms with E-state index in [0.717, 1.165) is 24.1 Å². The summed E-state index contributed by atoms with van der Waals surface area (Å²) in [6.45, 7) is 3.72. The van der Waals surface area contributed by atoms with Crippen molar-refractivity contribution >= 4 is 16.8 Å². The van der Waals surface area contributed by atoms with Crippen LogP contribution < -0.4 is 5.56 Å². The van der Waals surface area contributed by atoms with Crippen LogP contribution in [0.25, 0.3) is 16.6 Å².